The van der Waals surface area contributed by atoms with E-state index in [4.69, 9.17) is 4.99 Å². The molecule has 160 valence electrons. The van der Waals surface area contributed by atoms with Gasteiger partial charge in [0.1, 0.15) is 0 Å². The third kappa shape index (κ3) is 5.39. The van der Waals surface area contributed by atoms with Gasteiger partial charge < -0.3 is 10.6 Å². The number of guanidine groups is 1. The third-order valence-corrected chi connectivity index (χ3v) is 6.89. The van der Waals surface area contributed by atoms with E-state index in [0.717, 1.165) is 44.3 Å². The van der Waals surface area contributed by atoms with E-state index < -0.39 is 0 Å². The lowest BCUT2D eigenvalue weighted by atomic mass is 10.1. The summed E-state index contributed by atoms with van der Waals surface area (Å²) in [6.45, 7) is 14.7. The predicted octanol–water partition coefficient (Wildman–Crippen LogP) is 3.03. The van der Waals surface area contributed by atoms with Gasteiger partial charge in [0.2, 0.25) is 0 Å². The smallest absolute Gasteiger partial charge is 0.191 e. The molecule has 0 fully saturated rings. The Morgan fingerprint density at radius 2 is 2.14 bits per heavy atom. The average molecular weight is 417 g/mol. The van der Waals surface area contributed by atoms with E-state index in [1.54, 1.807) is 4.88 Å². The maximum atomic E-state index is 4.90. The van der Waals surface area contributed by atoms with Gasteiger partial charge in [-0.2, -0.15) is 5.10 Å². The highest BCUT2D eigenvalue weighted by atomic mass is 32.1. The molecule has 6 nitrogen and oxygen atoms in total. The zero-order chi connectivity index (χ0) is 21.0. The molecule has 3 rings (SSSR count). The first-order valence-electron chi connectivity index (χ1n) is 10.7. The Morgan fingerprint density at radius 3 is 2.83 bits per heavy atom. The number of aliphatic imine (C=N–C) groups is 1. The van der Waals surface area contributed by atoms with Gasteiger partial charge >= 0.3 is 0 Å². The van der Waals surface area contributed by atoms with Gasteiger partial charge in [0, 0.05) is 49.3 Å². The zero-order valence-corrected chi connectivity index (χ0v) is 19.6. The minimum Gasteiger partial charge on any atom is -0.357 e. The first-order valence-corrected chi connectivity index (χ1v) is 11.6. The molecule has 1 aliphatic heterocycles. The summed E-state index contributed by atoms with van der Waals surface area (Å²) in [6.07, 6.45) is 2.11. The summed E-state index contributed by atoms with van der Waals surface area (Å²) in [6, 6.07) is 2.99. The molecule has 29 heavy (non-hydrogen) atoms. The van der Waals surface area contributed by atoms with Crippen molar-refractivity contribution < 1.29 is 0 Å². The number of aryl methyl sites for hydroxylation is 2. The Morgan fingerprint density at radius 1 is 1.34 bits per heavy atom. The molecule has 0 spiro atoms. The van der Waals surface area contributed by atoms with Crippen LogP contribution in [0.5, 0.6) is 0 Å². The van der Waals surface area contributed by atoms with E-state index in [2.05, 4.69) is 66.7 Å². The van der Waals surface area contributed by atoms with Crippen LogP contribution in [0.1, 0.15) is 48.2 Å². The highest BCUT2D eigenvalue weighted by molar-refractivity contribution is 7.10. The molecule has 0 bridgehead atoms. The summed E-state index contributed by atoms with van der Waals surface area (Å²) < 4.78 is 1.97. The molecule has 0 saturated heterocycles. The highest BCUT2D eigenvalue weighted by Crippen LogP contribution is 2.25. The van der Waals surface area contributed by atoms with Crippen LogP contribution in [0.2, 0.25) is 0 Å². The highest BCUT2D eigenvalue weighted by Gasteiger charge is 2.21. The lowest BCUT2D eigenvalue weighted by Gasteiger charge is -2.31. The van der Waals surface area contributed by atoms with Crippen molar-refractivity contribution in [2.75, 3.05) is 19.6 Å². The molecular weight excluding hydrogens is 380 g/mol. The number of nitrogens with zero attached hydrogens (tertiary/aromatic N) is 4. The quantitative estimate of drug-likeness (QED) is 0.538. The van der Waals surface area contributed by atoms with E-state index in [0.29, 0.717) is 6.04 Å². The minimum absolute atomic E-state index is 0.285. The Hall–Kier alpha value is -1.86. The molecule has 7 heteroatoms. The molecule has 0 radical (unpaired) electrons. The van der Waals surface area contributed by atoms with Crippen LogP contribution >= 0.6 is 11.3 Å². The molecule has 0 aromatic carbocycles. The van der Waals surface area contributed by atoms with Crippen molar-refractivity contribution in [3.8, 4) is 0 Å². The van der Waals surface area contributed by atoms with Gasteiger partial charge in [0.15, 0.2) is 5.96 Å². The van der Waals surface area contributed by atoms with Crippen LogP contribution in [-0.2, 0) is 26.4 Å². The van der Waals surface area contributed by atoms with E-state index in [9.17, 15) is 0 Å². The Balaban J connectivity index is 1.57. The normalized spacial score (nSPS) is 17.1. The van der Waals surface area contributed by atoms with Crippen LogP contribution in [0.25, 0.3) is 0 Å². The van der Waals surface area contributed by atoms with Gasteiger partial charge in [-0.05, 0) is 70.0 Å². The summed E-state index contributed by atoms with van der Waals surface area (Å²) >= 11 is 1.89. The fourth-order valence-electron chi connectivity index (χ4n) is 4.01. The maximum absolute atomic E-state index is 4.90. The lowest BCUT2D eigenvalue weighted by molar-refractivity contribution is 0.197. The molecule has 1 aliphatic rings. The fourth-order valence-corrected chi connectivity index (χ4v) is 4.90. The van der Waals surface area contributed by atoms with E-state index >= 15 is 0 Å². The van der Waals surface area contributed by atoms with Gasteiger partial charge in [-0.15, -0.1) is 11.3 Å². The van der Waals surface area contributed by atoms with Gasteiger partial charge in [-0.1, -0.05) is 0 Å². The molecule has 2 unspecified atom stereocenters. The summed E-state index contributed by atoms with van der Waals surface area (Å²) in [7, 11) is 2.01. The van der Waals surface area contributed by atoms with Gasteiger partial charge in [-0.3, -0.25) is 14.6 Å². The van der Waals surface area contributed by atoms with Crippen molar-refractivity contribution in [2.45, 2.75) is 66.1 Å². The number of fused-ring (bicyclic) bond motifs is 1. The zero-order valence-electron chi connectivity index (χ0n) is 18.7. The largest absolute Gasteiger partial charge is 0.357 e. The van der Waals surface area contributed by atoms with Crippen molar-refractivity contribution in [2.24, 2.45) is 12.0 Å². The molecular formula is C22H36N6S. The van der Waals surface area contributed by atoms with Crippen molar-refractivity contribution in [3.05, 3.63) is 38.8 Å². The molecule has 0 saturated carbocycles. The summed E-state index contributed by atoms with van der Waals surface area (Å²) in [5.41, 5.74) is 5.19. The number of aromatic nitrogens is 2. The number of hydrogen-bond acceptors (Lipinski definition) is 4. The van der Waals surface area contributed by atoms with Crippen molar-refractivity contribution >= 4 is 17.3 Å². The van der Waals surface area contributed by atoms with Gasteiger partial charge in [0.05, 0.1) is 12.2 Å². The van der Waals surface area contributed by atoms with Crippen LogP contribution < -0.4 is 10.6 Å². The van der Waals surface area contributed by atoms with Crippen LogP contribution in [0.3, 0.4) is 0 Å². The number of rotatable bonds is 7. The first kappa shape index (κ1) is 21.8. The predicted molar refractivity (Wildman–Crippen MR) is 123 cm³/mol. The Labute approximate surface area is 179 Å². The van der Waals surface area contributed by atoms with E-state index in [1.807, 2.05) is 23.1 Å². The number of hydrogen-bond donors (Lipinski definition) is 2. The minimum atomic E-state index is 0.285. The number of nitrogens with one attached hydrogen (secondary N) is 2. The van der Waals surface area contributed by atoms with Crippen LogP contribution in [0.15, 0.2) is 16.4 Å². The average Bonchev–Trinajstić information content (AvgIpc) is 3.25. The maximum Gasteiger partial charge on any atom is 0.191 e. The van der Waals surface area contributed by atoms with E-state index in [-0.39, 0.29) is 6.04 Å². The number of thiophene rings is 1. The summed E-state index contributed by atoms with van der Waals surface area (Å²) in [5.74, 6) is 0.902. The monoisotopic (exact) mass is 416 g/mol. The van der Waals surface area contributed by atoms with Crippen molar-refractivity contribution in [3.63, 3.8) is 0 Å². The second-order valence-corrected chi connectivity index (χ2v) is 9.18. The summed E-state index contributed by atoms with van der Waals surface area (Å²) in [4.78, 5) is 9.01. The van der Waals surface area contributed by atoms with Crippen LogP contribution in [0, 0.1) is 13.8 Å². The van der Waals surface area contributed by atoms with Gasteiger partial charge in [-0.25, -0.2) is 0 Å². The fraction of sp³-hybridized carbons (Fsp3) is 0.636. The second kappa shape index (κ2) is 9.76. The van der Waals surface area contributed by atoms with E-state index in [1.165, 1.54) is 23.2 Å². The lowest BCUT2D eigenvalue weighted by Crippen LogP contribution is -2.44. The Bertz CT molecular complexity index is 836. The molecule has 0 amide bonds. The molecule has 2 aromatic rings. The van der Waals surface area contributed by atoms with Crippen LogP contribution in [0.4, 0.5) is 0 Å². The molecule has 2 atom stereocenters. The van der Waals surface area contributed by atoms with Crippen molar-refractivity contribution in [1.82, 2.24) is 25.3 Å². The topological polar surface area (TPSA) is 57.5 Å². The first-order chi connectivity index (χ1) is 13.9. The molecule has 2 N–H and O–H groups in total. The third-order valence-electron chi connectivity index (χ3n) is 5.87. The second-order valence-electron chi connectivity index (χ2n) is 8.18. The SMILES string of the molecule is CCNC(=NCC(C)N1CCc2sccc2C1)NC(C)Cc1c(C)nn(C)c1C. The molecule has 0 aliphatic carbocycles. The van der Waals surface area contributed by atoms with Gasteiger partial charge in [0.25, 0.3) is 0 Å². The Kier molecular flexibility index (Phi) is 7.35. The van der Waals surface area contributed by atoms with Crippen LogP contribution in [-0.4, -0.2) is 52.4 Å². The summed E-state index contributed by atoms with van der Waals surface area (Å²) in [5, 5.41) is 13.7. The molecule has 3 heterocycles. The molecule has 2 aromatic heterocycles. The van der Waals surface area contributed by atoms with Crippen molar-refractivity contribution in [1.29, 1.82) is 0 Å². The standard InChI is InChI=1S/C22H36N6S/c1-7-23-22(25-15(2)12-20-17(4)26-27(6)18(20)5)24-13-16(3)28-10-8-21-19(14-28)9-11-29-21/h9,11,15-16H,7-8,10,12-14H2,1-6H3,(H2,23,24,25).